The lowest BCUT2D eigenvalue weighted by Crippen LogP contribution is -2.47. The number of hydrogen-bond acceptors (Lipinski definition) is 7. The molecule has 1 amide bonds. The number of unbranched alkanes of at least 4 members (excludes halogenated alkanes) is 26. The van der Waals surface area contributed by atoms with E-state index in [0.29, 0.717) is 12.8 Å². The summed E-state index contributed by atoms with van der Waals surface area (Å²) in [6.45, 7) is 4.03. The number of carbonyl (C=O) groups is 1. The van der Waals surface area contributed by atoms with Gasteiger partial charge in [0.2, 0.25) is 5.91 Å². The minimum atomic E-state index is -4.37. The molecule has 4 unspecified atom stereocenters. The van der Waals surface area contributed by atoms with E-state index >= 15 is 0 Å². The lowest BCUT2D eigenvalue weighted by Gasteiger charge is -2.25. The van der Waals surface area contributed by atoms with E-state index in [-0.39, 0.29) is 26.2 Å². The molecule has 0 bridgehead atoms. The topological polar surface area (TPSA) is 151 Å². The Balaban J connectivity index is 4.13. The Kier molecular flexibility index (Phi) is 38.8. The van der Waals surface area contributed by atoms with Crippen molar-refractivity contribution < 1.29 is 33.5 Å². The fourth-order valence-electron chi connectivity index (χ4n) is 6.76. The van der Waals surface area contributed by atoms with Crippen molar-refractivity contribution >= 4 is 13.7 Å². The number of rotatable bonds is 42. The van der Waals surface area contributed by atoms with E-state index in [1.165, 1.54) is 141 Å². The quantitative estimate of drug-likeness (QED) is 0.0233. The van der Waals surface area contributed by atoms with Crippen LogP contribution in [0.2, 0.25) is 0 Å². The molecule has 0 aliphatic carbocycles. The van der Waals surface area contributed by atoms with E-state index in [1.54, 1.807) is 0 Å². The van der Waals surface area contributed by atoms with Gasteiger partial charge in [0.25, 0.3) is 0 Å². The number of aliphatic hydroxyl groups excluding tert-OH is 2. The van der Waals surface area contributed by atoms with Crippen LogP contribution in [0.15, 0.2) is 12.2 Å². The van der Waals surface area contributed by atoms with Crippen molar-refractivity contribution in [3.8, 4) is 0 Å². The molecule has 0 spiro atoms. The summed E-state index contributed by atoms with van der Waals surface area (Å²) >= 11 is 0. The first-order valence-corrected chi connectivity index (χ1v) is 23.9. The third kappa shape index (κ3) is 37.9. The van der Waals surface area contributed by atoms with Gasteiger partial charge in [-0.05, 0) is 38.5 Å². The Labute approximate surface area is 327 Å². The molecule has 0 aromatic rings. The molecule has 0 saturated heterocycles. The molecule has 0 rings (SSSR count). The van der Waals surface area contributed by atoms with Gasteiger partial charge in [-0.25, -0.2) is 4.57 Å². The van der Waals surface area contributed by atoms with Gasteiger partial charge < -0.3 is 26.2 Å². The summed E-state index contributed by atoms with van der Waals surface area (Å²) < 4.78 is 22.1. The summed E-state index contributed by atoms with van der Waals surface area (Å²) in [6, 6.07) is -0.895. The Morgan fingerprint density at radius 2 is 1.02 bits per heavy atom. The molecule has 0 aliphatic heterocycles. The molecule has 0 heterocycles. The Bertz CT molecular complexity index is 862. The molecule has 9 nitrogen and oxygen atoms in total. The van der Waals surface area contributed by atoms with Crippen molar-refractivity contribution in [2.75, 3.05) is 19.8 Å². The highest BCUT2D eigenvalue weighted by Gasteiger charge is 2.28. The van der Waals surface area contributed by atoms with E-state index in [9.17, 15) is 24.5 Å². The van der Waals surface area contributed by atoms with Gasteiger partial charge in [0.15, 0.2) is 0 Å². The fraction of sp³-hybridized carbons (Fsp3) is 0.930. The molecule has 0 aromatic carbocycles. The van der Waals surface area contributed by atoms with Gasteiger partial charge in [0.1, 0.15) is 0 Å². The zero-order valence-corrected chi connectivity index (χ0v) is 35.5. The van der Waals surface area contributed by atoms with Crippen molar-refractivity contribution in [3.05, 3.63) is 12.2 Å². The minimum absolute atomic E-state index is 0.0598. The molecule has 10 heteroatoms. The number of allylic oxidation sites excluding steroid dienone is 2. The normalized spacial score (nSPS) is 14.8. The van der Waals surface area contributed by atoms with Crippen molar-refractivity contribution in [2.24, 2.45) is 5.73 Å². The molecule has 0 fully saturated rings. The van der Waals surface area contributed by atoms with Crippen molar-refractivity contribution in [1.82, 2.24) is 5.32 Å². The monoisotopic (exact) mass is 775 g/mol. The van der Waals surface area contributed by atoms with Gasteiger partial charge in [0, 0.05) is 6.54 Å². The van der Waals surface area contributed by atoms with E-state index in [1.807, 2.05) is 0 Å². The van der Waals surface area contributed by atoms with Crippen LogP contribution in [0.1, 0.15) is 219 Å². The van der Waals surface area contributed by atoms with Gasteiger partial charge in [-0.15, -0.1) is 0 Å². The highest BCUT2D eigenvalue weighted by Crippen LogP contribution is 2.43. The summed E-state index contributed by atoms with van der Waals surface area (Å²) in [5.41, 5.74) is 5.36. The SMILES string of the molecule is CCCCCCCCCCCCCC/C=C\CCCCCCCC(O)CC(=O)NC(COP(=O)(O)OCCN)C(O)CCCCCCCCCCCC. The second kappa shape index (κ2) is 39.4. The van der Waals surface area contributed by atoms with Crippen LogP contribution in [0, 0.1) is 0 Å². The second-order valence-electron chi connectivity index (χ2n) is 15.5. The van der Waals surface area contributed by atoms with Crippen LogP contribution >= 0.6 is 7.82 Å². The lowest BCUT2D eigenvalue weighted by atomic mass is 10.0. The van der Waals surface area contributed by atoms with Gasteiger partial charge >= 0.3 is 7.82 Å². The summed E-state index contributed by atoms with van der Waals surface area (Å²) in [6.07, 6.45) is 39.8. The maximum absolute atomic E-state index is 12.8. The highest BCUT2D eigenvalue weighted by atomic mass is 31.2. The predicted molar refractivity (Wildman–Crippen MR) is 223 cm³/mol. The zero-order valence-electron chi connectivity index (χ0n) is 34.6. The number of phosphoric acid groups is 1. The maximum Gasteiger partial charge on any atom is 0.472 e. The van der Waals surface area contributed by atoms with Gasteiger partial charge in [-0.3, -0.25) is 13.8 Å². The van der Waals surface area contributed by atoms with Crippen molar-refractivity contribution in [1.29, 1.82) is 0 Å². The van der Waals surface area contributed by atoms with E-state index in [4.69, 9.17) is 14.8 Å². The lowest BCUT2D eigenvalue weighted by molar-refractivity contribution is -0.125. The van der Waals surface area contributed by atoms with Crippen LogP contribution < -0.4 is 11.1 Å². The van der Waals surface area contributed by atoms with E-state index in [2.05, 4.69) is 31.3 Å². The number of amides is 1. The zero-order chi connectivity index (χ0) is 39.1. The Morgan fingerprint density at radius 3 is 1.45 bits per heavy atom. The van der Waals surface area contributed by atoms with Gasteiger partial charge in [0.05, 0.1) is 37.9 Å². The molecule has 0 saturated carbocycles. The number of nitrogens with one attached hydrogen (secondary N) is 1. The number of hydrogen-bond donors (Lipinski definition) is 5. The van der Waals surface area contributed by atoms with E-state index in [0.717, 1.165) is 44.9 Å². The highest BCUT2D eigenvalue weighted by molar-refractivity contribution is 7.47. The average Bonchev–Trinajstić information content (AvgIpc) is 3.13. The fourth-order valence-corrected chi connectivity index (χ4v) is 7.52. The second-order valence-corrected chi connectivity index (χ2v) is 16.9. The molecule has 53 heavy (non-hydrogen) atoms. The number of carbonyl (C=O) groups excluding carboxylic acids is 1. The number of aliphatic hydroxyl groups is 2. The largest absolute Gasteiger partial charge is 0.472 e. The van der Waals surface area contributed by atoms with Crippen molar-refractivity contribution in [3.63, 3.8) is 0 Å². The van der Waals surface area contributed by atoms with Gasteiger partial charge in [-0.2, -0.15) is 0 Å². The minimum Gasteiger partial charge on any atom is -0.393 e. The van der Waals surface area contributed by atoms with Crippen LogP contribution in [0.4, 0.5) is 0 Å². The maximum atomic E-state index is 12.8. The van der Waals surface area contributed by atoms with Crippen LogP contribution in [0.25, 0.3) is 0 Å². The third-order valence-electron chi connectivity index (χ3n) is 10.2. The first-order valence-electron chi connectivity index (χ1n) is 22.4. The third-order valence-corrected chi connectivity index (χ3v) is 11.2. The molecule has 0 aliphatic rings. The van der Waals surface area contributed by atoms with E-state index < -0.39 is 32.0 Å². The standard InChI is InChI=1S/C43H87N2O7P/c1-3-5-7-9-11-13-15-16-17-18-19-20-21-22-23-24-25-26-28-30-32-34-40(46)38-43(48)45-41(39-52-53(49,50)51-37-36-44)42(47)35-33-31-29-27-14-12-10-8-6-4-2/h22-23,40-42,46-47H,3-21,24-39,44H2,1-2H3,(H,45,48)(H,49,50)/b23-22-. The molecular weight excluding hydrogens is 687 g/mol. The van der Waals surface area contributed by atoms with Crippen LogP contribution in [-0.4, -0.2) is 59.0 Å². The molecule has 4 atom stereocenters. The first kappa shape index (κ1) is 52.2. The van der Waals surface area contributed by atoms with Crippen LogP contribution in [0.3, 0.4) is 0 Å². The number of phosphoric ester groups is 1. The Hall–Kier alpha value is -0.800. The molecule has 316 valence electrons. The summed E-state index contributed by atoms with van der Waals surface area (Å²) in [7, 11) is -4.37. The smallest absolute Gasteiger partial charge is 0.393 e. The Morgan fingerprint density at radius 1 is 0.623 bits per heavy atom. The average molecular weight is 775 g/mol. The molecule has 0 aromatic heterocycles. The first-order chi connectivity index (χ1) is 25.8. The summed E-state index contributed by atoms with van der Waals surface area (Å²) in [4.78, 5) is 22.7. The predicted octanol–water partition coefficient (Wildman–Crippen LogP) is 11.4. The molecule has 0 radical (unpaired) electrons. The van der Waals surface area contributed by atoms with Gasteiger partial charge in [-0.1, -0.05) is 187 Å². The summed E-state index contributed by atoms with van der Waals surface area (Å²) in [5.74, 6) is -0.417. The van der Waals surface area contributed by atoms with Crippen molar-refractivity contribution in [2.45, 2.75) is 238 Å². The van der Waals surface area contributed by atoms with Crippen LogP contribution in [-0.2, 0) is 18.4 Å². The van der Waals surface area contributed by atoms with Crippen LogP contribution in [0.5, 0.6) is 0 Å². The number of nitrogens with two attached hydrogens (primary N) is 1. The summed E-state index contributed by atoms with van der Waals surface area (Å²) in [5, 5.41) is 24.1. The molecule has 6 N–H and O–H groups in total. The molecular formula is C43H87N2O7P.